The molecule has 1 heterocycles. The van der Waals surface area contributed by atoms with E-state index in [4.69, 9.17) is 16.0 Å². The molecule has 3 nitrogen and oxygen atoms in total. The zero-order valence-electron chi connectivity index (χ0n) is 11.0. The second-order valence-corrected chi connectivity index (χ2v) is 4.94. The fourth-order valence-corrected chi connectivity index (χ4v) is 2.27. The first-order valence-electron chi connectivity index (χ1n) is 6.10. The van der Waals surface area contributed by atoms with Crippen LogP contribution in [0.5, 0.6) is 0 Å². The summed E-state index contributed by atoms with van der Waals surface area (Å²) in [6.45, 7) is 2.71. The summed E-state index contributed by atoms with van der Waals surface area (Å²) in [6.07, 6.45) is 0.709. The quantitative estimate of drug-likeness (QED) is 0.776. The molecular weight excluding hydrogens is 262 g/mol. The smallest absolute Gasteiger partial charge is 0.185 e. The van der Waals surface area contributed by atoms with E-state index in [-0.39, 0.29) is 6.04 Å². The van der Waals surface area contributed by atoms with Gasteiger partial charge < -0.3 is 4.42 Å². The van der Waals surface area contributed by atoms with Crippen LogP contribution < -0.4 is 0 Å². The molecule has 0 radical (unpaired) electrons. The summed E-state index contributed by atoms with van der Waals surface area (Å²) in [4.78, 5) is 12.7. The minimum absolute atomic E-state index is 0.165. The van der Waals surface area contributed by atoms with Crippen LogP contribution in [0.2, 0.25) is 5.02 Å². The summed E-state index contributed by atoms with van der Waals surface area (Å²) in [5, 5.41) is 0.759. The monoisotopic (exact) mass is 277 g/mol. The molecule has 1 aromatic carbocycles. The highest BCUT2D eigenvalue weighted by Crippen LogP contribution is 2.27. The molecule has 4 heteroatoms. The van der Waals surface area contributed by atoms with Gasteiger partial charge in [0, 0.05) is 11.1 Å². The topological polar surface area (TPSA) is 33.5 Å². The minimum Gasteiger partial charge on any atom is -0.457 e. The number of carbonyl (C=O) groups excluding carboxylic acids is 1. The fourth-order valence-electron chi connectivity index (χ4n) is 1.98. The number of benzene rings is 1. The summed E-state index contributed by atoms with van der Waals surface area (Å²) >= 11 is 6.20. The lowest BCUT2D eigenvalue weighted by atomic mass is 10.1. The van der Waals surface area contributed by atoms with Crippen molar-refractivity contribution in [2.24, 2.45) is 0 Å². The molecule has 0 saturated heterocycles. The van der Waals surface area contributed by atoms with Crippen LogP contribution in [0.3, 0.4) is 0 Å². The molecule has 19 heavy (non-hydrogen) atoms. The second kappa shape index (κ2) is 6.04. The van der Waals surface area contributed by atoms with Crippen LogP contribution >= 0.6 is 11.6 Å². The van der Waals surface area contributed by atoms with Gasteiger partial charge in [0.2, 0.25) is 0 Å². The normalized spacial score (nSPS) is 12.6. The van der Waals surface area contributed by atoms with Crippen molar-refractivity contribution in [1.29, 1.82) is 0 Å². The van der Waals surface area contributed by atoms with E-state index in [1.54, 1.807) is 6.07 Å². The van der Waals surface area contributed by atoms with Gasteiger partial charge in [-0.1, -0.05) is 29.8 Å². The molecule has 0 amide bonds. The van der Waals surface area contributed by atoms with E-state index in [0.29, 0.717) is 18.6 Å². The molecule has 1 unspecified atom stereocenters. The van der Waals surface area contributed by atoms with E-state index >= 15 is 0 Å². The zero-order valence-corrected chi connectivity index (χ0v) is 11.7. The summed E-state index contributed by atoms with van der Waals surface area (Å²) < 4.78 is 5.38. The fraction of sp³-hybridized carbons (Fsp3) is 0.267. The average molecular weight is 278 g/mol. The molecule has 2 rings (SSSR count). The van der Waals surface area contributed by atoms with Gasteiger partial charge >= 0.3 is 0 Å². The number of rotatable bonds is 5. The number of carbonyl (C=O) groups is 1. The van der Waals surface area contributed by atoms with Crippen molar-refractivity contribution in [3.05, 3.63) is 58.5 Å². The molecular formula is C15H16ClNO2. The van der Waals surface area contributed by atoms with Crippen LogP contribution in [0.1, 0.15) is 34.8 Å². The Morgan fingerprint density at radius 2 is 2.05 bits per heavy atom. The summed E-state index contributed by atoms with van der Waals surface area (Å²) in [6, 6.07) is 11.5. The Bertz CT molecular complexity index is 565. The van der Waals surface area contributed by atoms with Crippen LogP contribution in [0.4, 0.5) is 0 Å². The maximum Gasteiger partial charge on any atom is 0.185 e. The molecule has 1 atom stereocenters. The summed E-state index contributed by atoms with van der Waals surface area (Å²) in [5.41, 5.74) is 1.08. The molecule has 0 bridgehead atoms. The van der Waals surface area contributed by atoms with Gasteiger partial charge in [0.25, 0.3) is 0 Å². The van der Waals surface area contributed by atoms with E-state index < -0.39 is 0 Å². The predicted octanol–water partition coefficient (Wildman–Crippen LogP) is 3.94. The number of aldehydes is 1. The molecule has 100 valence electrons. The largest absolute Gasteiger partial charge is 0.457 e. The Balaban J connectivity index is 2.09. The van der Waals surface area contributed by atoms with E-state index in [1.165, 1.54) is 0 Å². The van der Waals surface area contributed by atoms with Gasteiger partial charge in [-0.05, 0) is 37.7 Å². The first-order valence-corrected chi connectivity index (χ1v) is 6.48. The Morgan fingerprint density at radius 1 is 1.32 bits per heavy atom. The Kier molecular flexibility index (Phi) is 4.40. The average Bonchev–Trinajstić information content (AvgIpc) is 2.86. The van der Waals surface area contributed by atoms with Crippen LogP contribution in [-0.4, -0.2) is 18.2 Å². The van der Waals surface area contributed by atoms with Crippen LogP contribution in [0, 0.1) is 0 Å². The highest BCUT2D eigenvalue weighted by Gasteiger charge is 2.15. The molecule has 0 spiro atoms. The van der Waals surface area contributed by atoms with Gasteiger partial charge in [0.1, 0.15) is 5.76 Å². The van der Waals surface area contributed by atoms with Crippen molar-refractivity contribution in [1.82, 2.24) is 4.90 Å². The van der Waals surface area contributed by atoms with Crippen LogP contribution in [-0.2, 0) is 6.54 Å². The van der Waals surface area contributed by atoms with E-state index in [9.17, 15) is 4.79 Å². The first kappa shape index (κ1) is 13.8. The molecule has 1 aromatic heterocycles. The zero-order chi connectivity index (χ0) is 13.8. The van der Waals surface area contributed by atoms with E-state index in [1.807, 2.05) is 37.4 Å². The third-order valence-electron chi connectivity index (χ3n) is 3.22. The maximum atomic E-state index is 10.6. The number of furan rings is 1. The maximum absolute atomic E-state index is 10.6. The lowest BCUT2D eigenvalue weighted by Gasteiger charge is -2.24. The van der Waals surface area contributed by atoms with Crippen molar-refractivity contribution >= 4 is 17.9 Å². The number of hydrogen-bond acceptors (Lipinski definition) is 3. The number of halogens is 1. The lowest BCUT2D eigenvalue weighted by Crippen LogP contribution is -2.21. The van der Waals surface area contributed by atoms with Gasteiger partial charge in [0.05, 0.1) is 6.54 Å². The van der Waals surface area contributed by atoms with Crippen molar-refractivity contribution in [3.63, 3.8) is 0 Å². The standard InChI is InChI=1S/C15H16ClNO2/c1-11(14-5-3-4-6-15(14)16)17(2)9-12-7-8-13(10-18)19-12/h3-8,10-11H,9H2,1-2H3. The third kappa shape index (κ3) is 3.25. The van der Waals surface area contributed by atoms with Crippen molar-refractivity contribution in [2.75, 3.05) is 7.05 Å². The number of hydrogen-bond donors (Lipinski definition) is 0. The van der Waals surface area contributed by atoms with Crippen LogP contribution in [0.15, 0.2) is 40.8 Å². The van der Waals surface area contributed by atoms with Gasteiger partial charge in [-0.25, -0.2) is 0 Å². The summed E-state index contributed by atoms with van der Waals surface area (Å²) in [5.74, 6) is 1.12. The molecule has 0 aliphatic carbocycles. The first-order chi connectivity index (χ1) is 9.11. The predicted molar refractivity (Wildman–Crippen MR) is 75.4 cm³/mol. The SMILES string of the molecule is CC(c1ccccc1Cl)N(C)Cc1ccc(C=O)o1. The molecule has 0 aliphatic rings. The second-order valence-electron chi connectivity index (χ2n) is 4.53. The Hall–Kier alpha value is -1.58. The van der Waals surface area contributed by atoms with Gasteiger partial charge in [-0.15, -0.1) is 0 Å². The molecule has 0 fully saturated rings. The van der Waals surface area contributed by atoms with Crippen LogP contribution in [0.25, 0.3) is 0 Å². The Labute approximate surface area is 117 Å². The van der Waals surface area contributed by atoms with E-state index in [2.05, 4.69) is 11.8 Å². The minimum atomic E-state index is 0.165. The van der Waals surface area contributed by atoms with Gasteiger partial charge in [0.15, 0.2) is 12.0 Å². The summed E-state index contributed by atoms with van der Waals surface area (Å²) in [7, 11) is 2.00. The highest BCUT2D eigenvalue weighted by molar-refractivity contribution is 6.31. The van der Waals surface area contributed by atoms with Crippen molar-refractivity contribution in [2.45, 2.75) is 19.5 Å². The third-order valence-corrected chi connectivity index (χ3v) is 3.56. The Morgan fingerprint density at radius 3 is 2.68 bits per heavy atom. The molecule has 2 aromatic rings. The van der Waals surface area contributed by atoms with Crippen molar-refractivity contribution < 1.29 is 9.21 Å². The van der Waals surface area contributed by atoms with E-state index in [0.717, 1.165) is 16.3 Å². The lowest BCUT2D eigenvalue weighted by molar-refractivity contribution is 0.109. The van der Waals surface area contributed by atoms with Crippen molar-refractivity contribution in [3.8, 4) is 0 Å². The molecule has 0 N–H and O–H groups in total. The van der Waals surface area contributed by atoms with Gasteiger partial charge in [-0.2, -0.15) is 0 Å². The molecule has 0 aliphatic heterocycles. The highest BCUT2D eigenvalue weighted by atomic mass is 35.5. The van der Waals surface area contributed by atoms with Gasteiger partial charge in [-0.3, -0.25) is 9.69 Å². The number of nitrogens with zero attached hydrogens (tertiary/aromatic N) is 1. The molecule has 0 saturated carbocycles.